The van der Waals surface area contributed by atoms with Gasteiger partial charge in [-0.05, 0) is 38.0 Å². The van der Waals surface area contributed by atoms with Gasteiger partial charge in [-0.15, -0.1) is 0 Å². The van der Waals surface area contributed by atoms with E-state index in [1.807, 2.05) is 13.0 Å². The Morgan fingerprint density at radius 3 is 2.95 bits per heavy atom. The monoisotopic (exact) mass is 326 g/mol. The first-order valence-electron chi connectivity index (χ1n) is 6.57. The lowest BCUT2D eigenvalue weighted by atomic mass is 10.1. The molecule has 19 heavy (non-hydrogen) atoms. The zero-order valence-electron chi connectivity index (χ0n) is 11.1. The molecule has 1 aromatic rings. The summed E-state index contributed by atoms with van der Waals surface area (Å²) < 4.78 is 6.47. The van der Waals surface area contributed by atoms with Crippen LogP contribution in [-0.4, -0.2) is 36.6 Å². The molecular formula is C14H19BrN2O2. The summed E-state index contributed by atoms with van der Waals surface area (Å²) in [4.78, 5) is 14.3. The predicted octanol–water partition coefficient (Wildman–Crippen LogP) is 2.67. The van der Waals surface area contributed by atoms with Crippen molar-refractivity contribution in [1.82, 2.24) is 4.90 Å². The number of carbonyl (C=O) groups is 1. The zero-order chi connectivity index (χ0) is 13.8. The third-order valence-corrected chi connectivity index (χ3v) is 3.85. The Hall–Kier alpha value is -1.07. The Morgan fingerprint density at radius 1 is 1.58 bits per heavy atom. The number of carbonyl (C=O) groups excluding carboxylic acids is 1. The molecular weight excluding hydrogens is 308 g/mol. The number of benzene rings is 1. The van der Waals surface area contributed by atoms with Gasteiger partial charge in [0.05, 0.1) is 11.7 Å². The summed E-state index contributed by atoms with van der Waals surface area (Å²) in [6, 6.07) is 5.36. The van der Waals surface area contributed by atoms with Crippen LogP contribution in [-0.2, 0) is 4.74 Å². The van der Waals surface area contributed by atoms with Gasteiger partial charge in [0.1, 0.15) is 0 Å². The third-order valence-electron chi connectivity index (χ3n) is 3.36. The summed E-state index contributed by atoms with van der Waals surface area (Å²) in [5.41, 5.74) is 6.98. The van der Waals surface area contributed by atoms with E-state index < -0.39 is 0 Å². The molecule has 0 saturated carbocycles. The van der Waals surface area contributed by atoms with Gasteiger partial charge in [0.15, 0.2) is 0 Å². The predicted molar refractivity (Wildman–Crippen MR) is 79.1 cm³/mol. The molecule has 1 saturated heterocycles. The number of nitrogens with two attached hydrogens (primary N) is 1. The molecule has 4 nitrogen and oxygen atoms in total. The molecule has 5 heteroatoms. The number of rotatable bonds is 4. The molecule has 0 spiro atoms. The largest absolute Gasteiger partial charge is 0.398 e. The van der Waals surface area contributed by atoms with Gasteiger partial charge in [-0.1, -0.05) is 15.9 Å². The van der Waals surface area contributed by atoms with E-state index in [2.05, 4.69) is 15.9 Å². The summed E-state index contributed by atoms with van der Waals surface area (Å²) in [6.45, 7) is 4.08. The Labute approximate surface area is 122 Å². The second-order valence-electron chi connectivity index (χ2n) is 4.71. The van der Waals surface area contributed by atoms with E-state index in [9.17, 15) is 4.79 Å². The van der Waals surface area contributed by atoms with Gasteiger partial charge < -0.3 is 15.4 Å². The van der Waals surface area contributed by atoms with Crippen molar-refractivity contribution in [2.45, 2.75) is 25.9 Å². The number of likely N-dealkylation sites (N-methyl/N-ethyl adjacent to an activating group) is 1. The molecule has 1 heterocycles. The maximum absolute atomic E-state index is 12.5. The normalized spacial score (nSPS) is 18.5. The van der Waals surface area contributed by atoms with Crippen molar-refractivity contribution < 1.29 is 9.53 Å². The fourth-order valence-electron chi connectivity index (χ4n) is 2.29. The van der Waals surface area contributed by atoms with E-state index in [1.165, 1.54) is 0 Å². The molecule has 0 aromatic heterocycles. The number of nitrogens with zero attached hydrogens (tertiary/aromatic N) is 1. The number of hydrogen-bond donors (Lipinski definition) is 1. The van der Waals surface area contributed by atoms with Gasteiger partial charge in [0.2, 0.25) is 0 Å². The van der Waals surface area contributed by atoms with Gasteiger partial charge in [-0.3, -0.25) is 4.79 Å². The summed E-state index contributed by atoms with van der Waals surface area (Å²) >= 11 is 3.35. The van der Waals surface area contributed by atoms with E-state index >= 15 is 0 Å². The van der Waals surface area contributed by atoms with Gasteiger partial charge in [0.25, 0.3) is 5.91 Å². The van der Waals surface area contributed by atoms with E-state index in [0.29, 0.717) is 24.3 Å². The lowest BCUT2D eigenvalue weighted by Crippen LogP contribution is -2.37. The second kappa shape index (κ2) is 6.39. The first kappa shape index (κ1) is 14.3. The average Bonchev–Trinajstić information content (AvgIpc) is 2.88. The SMILES string of the molecule is CCN(CC1CCCO1)C(=O)c1ccc(Br)cc1N. The van der Waals surface area contributed by atoms with Crippen molar-refractivity contribution in [3.8, 4) is 0 Å². The number of ether oxygens (including phenoxy) is 1. The second-order valence-corrected chi connectivity index (χ2v) is 5.63. The summed E-state index contributed by atoms with van der Waals surface area (Å²) in [5, 5.41) is 0. The Morgan fingerprint density at radius 2 is 2.37 bits per heavy atom. The Kier molecular flexibility index (Phi) is 4.82. The fourth-order valence-corrected chi connectivity index (χ4v) is 2.67. The highest BCUT2D eigenvalue weighted by Gasteiger charge is 2.23. The molecule has 0 aliphatic carbocycles. The van der Waals surface area contributed by atoms with Crippen LogP contribution in [0.25, 0.3) is 0 Å². The Balaban J connectivity index is 2.10. The highest BCUT2D eigenvalue weighted by molar-refractivity contribution is 9.10. The molecule has 104 valence electrons. The van der Waals surface area contributed by atoms with Gasteiger partial charge in [-0.2, -0.15) is 0 Å². The molecule has 2 rings (SSSR count). The summed E-state index contributed by atoms with van der Waals surface area (Å²) in [5.74, 6) is -0.0250. The molecule has 0 bridgehead atoms. The first-order chi connectivity index (χ1) is 9.11. The number of halogens is 1. The van der Waals surface area contributed by atoms with Gasteiger partial charge in [0, 0.05) is 29.9 Å². The molecule has 1 atom stereocenters. The van der Waals surface area contributed by atoms with Gasteiger partial charge in [-0.25, -0.2) is 0 Å². The van der Waals surface area contributed by atoms with Crippen LogP contribution < -0.4 is 5.73 Å². The van der Waals surface area contributed by atoms with Crippen LogP contribution in [0.2, 0.25) is 0 Å². The molecule has 1 fully saturated rings. The topological polar surface area (TPSA) is 55.6 Å². The van der Waals surface area contributed by atoms with E-state index in [1.54, 1.807) is 17.0 Å². The minimum absolute atomic E-state index is 0.0250. The Bertz CT molecular complexity index is 459. The molecule has 1 unspecified atom stereocenters. The van der Waals surface area contributed by atoms with Crippen molar-refractivity contribution in [1.29, 1.82) is 0 Å². The van der Waals surface area contributed by atoms with Crippen molar-refractivity contribution in [3.63, 3.8) is 0 Å². The molecule has 1 aliphatic rings. The highest BCUT2D eigenvalue weighted by atomic mass is 79.9. The quantitative estimate of drug-likeness (QED) is 0.865. The maximum Gasteiger partial charge on any atom is 0.256 e. The zero-order valence-corrected chi connectivity index (χ0v) is 12.6. The number of amides is 1. The van der Waals surface area contributed by atoms with Gasteiger partial charge >= 0.3 is 0 Å². The summed E-state index contributed by atoms with van der Waals surface area (Å²) in [7, 11) is 0. The van der Waals surface area contributed by atoms with Crippen LogP contribution in [0.5, 0.6) is 0 Å². The number of hydrogen-bond acceptors (Lipinski definition) is 3. The minimum Gasteiger partial charge on any atom is -0.398 e. The van der Waals surface area contributed by atoms with Crippen molar-refractivity contribution in [3.05, 3.63) is 28.2 Å². The van der Waals surface area contributed by atoms with Crippen LogP contribution in [0.1, 0.15) is 30.1 Å². The number of nitrogen functional groups attached to an aromatic ring is 1. The maximum atomic E-state index is 12.5. The van der Waals surface area contributed by atoms with Crippen molar-refractivity contribution in [2.24, 2.45) is 0 Å². The van der Waals surface area contributed by atoms with Crippen LogP contribution in [0, 0.1) is 0 Å². The number of anilines is 1. The van der Waals surface area contributed by atoms with Crippen LogP contribution in [0.15, 0.2) is 22.7 Å². The summed E-state index contributed by atoms with van der Waals surface area (Å²) in [6.07, 6.45) is 2.27. The molecule has 1 aliphatic heterocycles. The third kappa shape index (κ3) is 3.48. The van der Waals surface area contributed by atoms with Crippen molar-refractivity contribution in [2.75, 3.05) is 25.4 Å². The van der Waals surface area contributed by atoms with Crippen molar-refractivity contribution >= 4 is 27.5 Å². The molecule has 1 aromatic carbocycles. The standard InChI is InChI=1S/C14H19BrN2O2/c1-2-17(9-11-4-3-7-19-11)14(18)12-6-5-10(15)8-13(12)16/h5-6,8,11H,2-4,7,9,16H2,1H3. The minimum atomic E-state index is -0.0250. The first-order valence-corrected chi connectivity index (χ1v) is 7.37. The lowest BCUT2D eigenvalue weighted by molar-refractivity contribution is 0.0540. The van der Waals surface area contributed by atoms with E-state index in [0.717, 1.165) is 23.9 Å². The highest BCUT2D eigenvalue weighted by Crippen LogP contribution is 2.21. The fraction of sp³-hybridized carbons (Fsp3) is 0.500. The smallest absolute Gasteiger partial charge is 0.256 e. The van der Waals surface area contributed by atoms with E-state index in [-0.39, 0.29) is 12.0 Å². The molecule has 2 N–H and O–H groups in total. The molecule has 1 amide bonds. The van der Waals surface area contributed by atoms with E-state index in [4.69, 9.17) is 10.5 Å². The van der Waals surface area contributed by atoms with Crippen LogP contribution >= 0.6 is 15.9 Å². The molecule has 0 radical (unpaired) electrons. The van der Waals surface area contributed by atoms with Crippen LogP contribution in [0.4, 0.5) is 5.69 Å². The average molecular weight is 327 g/mol. The van der Waals surface area contributed by atoms with Crippen LogP contribution in [0.3, 0.4) is 0 Å². The lowest BCUT2D eigenvalue weighted by Gasteiger charge is -2.24.